The summed E-state index contributed by atoms with van der Waals surface area (Å²) in [6.07, 6.45) is -3.93. The molecule has 3 rings (SSSR count). The Kier molecular flexibility index (Phi) is 3.35. The van der Waals surface area contributed by atoms with Crippen molar-refractivity contribution < 1.29 is 19.3 Å². The van der Waals surface area contributed by atoms with Crippen LogP contribution in [0.25, 0.3) is 11.2 Å². The average Bonchev–Trinajstić information content (AvgIpc) is 3.01. The van der Waals surface area contributed by atoms with Crippen molar-refractivity contribution in [3.63, 3.8) is 0 Å². The van der Waals surface area contributed by atoms with Crippen LogP contribution >= 0.6 is 0 Å². The topological polar surface area (TPSA) is 131 Å². The number of nitrogens with one attached hydrogen (secondary N) is 1. The predicted octanol–water partition coefficient (Wildman–Crippen LogP) is -0.961. The molecule has 1 unspecified atom stereocenters. The van der Waals surface area contributed by atoms with Crippen molar-refractivity contribution in [2.45, 2.75) is 24.6 Å². The lowest BCUT2D eigenvalue weighted by atomic mass is 10.1. The van der Waals surface area contributed by atoms with Gasteiger partial charge in [0, 0.05) is 7.05 Å². The molecule has 1 saturated heterocycles. The summed E-state index contributed by atoms with van der Waals surface area (Å²) >= 11 is 0. The molecular weight excluding hydrogens is 283 g/mol. The molecule has 0 radical (unpaired) electrons. The number of aromatic nitrogens is 4. The highest BCUT2D eigenvalue weighted by molar-refractivity contribution is 5.84. The van der Waals surface area contributed by atoms with Crippen LogP contribution in [0.3, 0.4) is 0 Å². The van der Waals surface area contributed by atoms with Gasteiger partial charge in [0.2, 0.25) is 5.95 Å². The van der Waals surface area contributed by atoms with Crippen molar-refractivity contribution in [2.75, 3.05) is 24.7 Å². The SMILES string of the molecule is CNc1nc(N)nc2c1ncn2[C@@H]1O[C@H](CO)C(O)[C@H]1F. The Morgan fingerprint density at radius 2 is 2.29 bits per heavy atom. The third-order valence-corrected chi connectivity index (χ3v) is 3.42. The van der Waals surface area contributed by atoms with Crippen molar-refractivity contribution in [2.24, 2.45) is 0 Å². The molecule has 114 valence electrons. The van der Waals surface area contributed by atoms with E-state index in [0.717, 1.165) is 0 Å². The molecule has 2 aromatic heterocycles. The van der Waals surface area contributed by atoms with Gasteiger partial charge in [0.05, 0.1) is 12.9 Å². The molecule has 0 bridgehead atoms. The second-order valence-corrected chi connectivity index (χ2v) is 4.69. The summed E-state index contributed by atoms with van der Waals surface area (Å²) in [5, 5.41) is 21.6. The van der Waals surface area contributed by atoms with Crippen LogP contribution in [0.4, 0.5) is 16.2 Å². The standard InChI is InChI=1S/C11H15FN6O3/c1-14-8-6-9(17-11(13)16-8)18(3-15-6)10-5(12)7(20)4(2-19)21-10/h3-5,7,10,19-20H,2H2,1H3,(H3,13,14,16,17)/t4-,5-,7?,10-/m1/s1. The van der Waals surface area contributed by atoms with Gasteiger partial charge in [-0.05, 0) is 0 Å². The highest BCUT2D eigenvalue weighted by Crippen LogP contribution is 2.34. The summed E-state index contributed by atoms with van der Waals surface area (Å²) in [7, 11) is 1.65. The van der Waals surface area contributed by atoms with E-state index in [2.05, 4.69) is 20.3 Å². The van der Waals surface area contributed by atoms with Gasteiger partial charge in [0.25, 0.3) is 0 Å². The smallest absolute Gasteiger partial charge is 0.224 e. The Bertz CT molecular complexity index is 665. The van der Waals surface area contributed by atoms with Crippen LogP contribution in [0, 0.1) is 0 Å². The minimum atomic E-state index is -1.71. The van der Waals surface area contributed by atoms with Crippen LogP contribution in [0.15, 0.2) is 6.33 Å². The van der Waals surface area contributed by atoms with Crippen molar-refractivity contribution in [3.05, 3.63) is 6.33 Å². The molecule has 0 spiro atoms. The van der Waals surface area contributed by atoms with Gasteiger partial charge in [-0.1, -0.05) is 0 Å². The van der Waals surface area contributed by atoms with E-state index in [9.17, 15) is 9.50 Å². The number of aliphatic hydroxyl groups is 2. The summed E-state index contributed by atoms with van der Waals surface area (Å²) in [5.74, 6) is 0.408. The molecule has 10 heteroatoms. The zero-order valence-corrected chi connectivity index (χ0v) is 11.1. The maximum absolute atomic E-state index is 14.2. The van der Waals surface area contributed by atoms with Gasteiger partial charge in [-0.3, -0.25) is 4.57 Å². The molecule has 21 heavy (non-hydrogen) atoms. The maximum Gasteiger partial charge on any atom is 0.224 e. The van der Waals surface area contributed by atoms with E-state index in [0.29, 0.717) is 11.3 Å². The van der Waals surface area contributed by atoms with E-state index in [1.54, 1.807) is 7.05 Å². The monoisotopic (exact) mass is 298 g/mol. The Labute approximate surface area is 118 Å². The van der Waals surface area contributed by atoms with E-state index >= 15 is 0 Å². The molecule has 5 N–H and O–H groups in total. The van der Waals surface area contributed by atoms with Crippen molar-refractivity contribution in [3.8, 4) is 0 Å². The molecule has 0 amide bonds. The quantitative estimate of drug-likeness (QED) is 0.569. The number of hydrogen-bond donors (Lipinski definition) is 4. The third-order valence-electron chi connectivity index (χ3n) is 3.42. The Morgan fingerprint density at radius 1 is 1.52 bits per heavy atom. The van der Waals surface area contributed by atoms with E-state index in [1.165, 1.54) is 10.9 Å². The summed E-state index contributed by atoms with van der Waals surface area (Å²) in [4.78, 5) is 12.1. The van der Waals surface area contributed by atoms with E-state index in [-0.39, 0.29) is 11.6 Å². The fourth-order valence-electron chi connectivity index (χ4n) is 2.37. The highest BCUT2D eigenvalue weighted by atomic mass is 19.1. The third kappa shape index (κ3) is 2.07. The first-order chi connectivity index (χ1) is 10.1. The van der Waals surface area contributed by atoms with E-state index in [4.69, 9.17) is 15.6 Å². The van der Waals surface area contributed by atoms with Gasteiger partial charge in [0.1, 0.15) is 12.2 Å². The van der Waals surface area contributed by atoms with Crippen molar-refractivity contribution in [1.29, 1.82) is 0 Å². The van der Waals surface area contributed by atoms with Gasteiger partial charge in [0.15, 0.2) is 29.4 Å². The van der Waals surface area contributed by atoms with Crippen molar-refractivity contribution >= 4 is 22.9 Å². The van der Waals surface area contributed by atoms with Gasteiger partial charge in [-0.15, -0.1) is 0 Å². The molecule has 1 aliphatic rings. The first-order valence-electron chi connectivity index (χ1n) is 6.33. The number of alkyl halides is 1. The number of rotatable bonds is 3. The average molecular weight is 298 g/mol. The molecule has 0 saturated carbocycles. The summed E-state index contributed by atoms with van der Waals surface area (Å²) < 4.78 is 20.8. The molecule has 0 aromatic carbocycles. The molecular formula is C11H15FN6O3. The number of fused-ring (bicyclic) bond motifs is 1. The molecule has 1 aliphatic heterocycles. The Balaban J connectivity index is 2.07. The molecule has 3 heterocycles. The maximum atomic E-state index is 14.2. The van der Waals surface area contributed by atoms with Crippen LogP contribution in [0.2, 0.25) is 0 Å². The fourth-order valence-corrected chi connectivity index (χ4v) is 2.37. The first-order valence-corrected chi connectivity index (χ1v) is 6.33. The van der Waals surface area contributed by atoms with Crippen molar-refractivity contribution in [1.82, 2.24) is 19.5 Å². The van der Waals surface area contributed by atoms with Crippen LogP contribution < -0.4 is 11.1 Å². The second-order valence-electron chi connectivity index (χ2n) is 4.69. The molecule has 0 aliphatic carbocycles. The first kappa shape index (κ1) is 13.9. The minimum absolute atomic E-state index is 0.00117. The summed E-state index contributed by atoms with van der Waals surface area (Å²) in [5.41, 5.74) is 6.30. The number of halogens is 1. The number of ether oxygens (including phenoxy) is 1. The Morgan fingerprint density at radius 3 is 2.90 bits per heavy atom. The Hall–Kier alpha value is -2.04. The lowest BCUT2D eigenvalue weighted by Gasteiger charge is -2.15. The molecule has 2 aromatic rings. The minimum Gasteiger partial charge on any atom is -0.394 e. The van der Waals surface area contributed by atoms with Crippen LogP contribution in [-0.4, -0.2) is 61.8 Å². The number of aliphatic hydroxyl groups excluding tert-OH is 2. The molecule has 1 fully saturated rings. The van der Waals surface area contributed by atoms with Gasteiger partial charge < -0.3 is 26.0 Å². The largest absolute Gasteiger partial charge is 0.394 e. The number of hydrogen-bond acceptors (Lipinski definition) is 8. The van der Waals surface area contributed by atoms with E-state index in [1.807, 2.05) is 0 Å². The molecule has 4 atom stereocenters. The number of nitrogens with two attached hydrogens (primary N) is 1. The number of imidazole rings is 1. The number of nitrogens with zero attached hydrogens (tertiary/aromatic N) is 4. The van der Waals surface area contributed by atoms with Gasteiger partial charge >= 0.3 is 0 Å². The normalized spacial score (nSPS) is 29.1. The summed E-state index contributed by atoms with van der Waals surface area (Å²) in [6.45, 7) is -0.483. The zero-order valence-electron chi connectivity index (χ0n) is 11.1. The van der Waals surface area contributed by atoms with E-state index < -0.39 is 31.2 Å². The summed E-state index contributed by atoms with van der Waals surface area (Å²) in [6, 6.07) is 0. The van der Waals surface area contributed by atoms with Crippen LogP contribution in [0.5, 0.6) is 0 Å². The van der Waals surface area contributed by atoms with Crippen LogP contribution in [0.1, 0.15) is 6.23 Å². The lowest BCUT2D eigenvalue weighted by molar-refractivity contribution is -0.0459. The number of nitrogen functional groups attached to an aromatic ring is 1. The molecule has 9 nitrogen and oxygen atoms in total. The highest BCUT2D eigenvalue weighted by Gasteiger charge is 2.45. The predicted molar refractivity (Wildman–Crippen MR) is 71.2 cm³/mol. The second kappa shape index (κ2) is 5.06. The fraction of sp³-hybridized carbons (Fsp3) is 0.545. The van der Waals surface area contributed by atoms with Crippen LogP contribution in [-0.2, 0) is 4.74 Å². The lowest BCUT2D eigenvalue weighted by Crippen LogP contribution is -2.30. The van der Waals surface area contributed by atoms with Gasteiger partial charge in [-0.25, -0.2) is 9.37 Å². The van der Waals surface area contributed by atoms with Gasteiger partial charge in [-0.2, -0.15) is 9.97 Å². The number of anilines is 2. The zero-order chi connectivity index (χ0) is 15.1.